The maximum Gasteiger partial charge on any atom is 0.0547 e. The summed E-state index contributed by atoms with van der Waals surface area (Å²) in [6.45, 7) is 0. The highest BCUT2D eigenvalue weighted by Crippen LogP contribution is 2.44. The molecule has 2 atom stereocenters. The van der Waals surface area contributed by atoms with Gasteiger partial charge in [0.15, 0.2) is 0 Å². The van der Waals surface area contributed by atoms with Gasteiger partial charge in [-0.2, -0.15) is 0 Å². The van der Waals surface area contributed by atoms with Gasteiger partial charge in [0, 0.05) is 45.2 Å². The van der Waals surface area contributed by atoms with Crippen LogP contribution in [0, 0.1) is 11.8 Å². The highest BCUT2D eigenvalue weighted by Gasteiger charge is 2.24. The number of anilines is 3. The quantitative estimate of drug-likeness (QED) is 0.141. The number of hydrogen-bond donors (Lipinski definition) is 0. The predicted molar refractivity (Wildman–Crippen MR) is 280 cm³/mol. The molecule has 9 aromatic carbocycles. The molecular weight excluding hydrogens is 797 g/mol. The van der Waals surface area contributed by atoms with Gasteiger partial charge in [-0.3, -0.25) is 0 Å². The van der Waals surface area contributed by atoms with Gasteiger partial charge in [0.1, 0.15) is 0 Å². The second kappa shape index (κ2) is 16.9. The van der Waals surface area contributed by atoms with Crippen LogP contribution in [0.2, 0.25) is 0 Å². The molecule has 0 saturated heterocycles. The van der Waals surface area contributed by atoms with Crippen LogP contribution >= 0.6 is 0 Å². The fraction of sp³-hybridized carbons (Fsp3) is 0.0312. The molecule has 10 aromatic rings. The topological polar surface area (TPSA) is 8.17 Å². The molecule has 1 heterocycles. The summed E-state index contributed by atoms with van der Waals surface area (Å²) in [5.41, 5.74) is 19.0. The third-order valence-corrected chi connectivity index (χ3v) is 13.4. The molecule has 2 aliphatic rings. The van der Waals surface area contributed by atoms with Crippen LogP contribution in [0.3, 0.4) is 0 Å². The minimum Gasteiger partial charge on any atom is -0.310 e. The van der Waals surface area contributed by atoms with Crippen molar-refractivity contribution in [2.75, 3.05) is 4.90 Å². The Kier molecular flexibility index (Phi) is 10.0. The van der Waals surface area contributed by atoms with Gasteiger partial charge in [-0.05, 0) is 111 Å². The average molecular weight is 843 g/mol. The third-order valence-electron chi connectivity index (χ3n) is 13.4. The first-order chi connectivity index (χ1) is 32.7. The van der Waals surface area contributed by atoms with E-state index in [1.165, 1.54) is 71.9 Å². The van der Waals surface area contributed by atoms with Gasteiger partial charge in [0.25, 0.3) is 0 Å². The Labute approximate surface area is 386 Å². The number of aromatic nitrogens is 1. The lowest BCUT2D eigenvalue weighted by atomic mass is 9.77. The smallest absolute Gasteiger partial charge is 0.0547 e. The van der Waals surface area contributed by atoms with Crippen LogP contribution in [-0.4, -0.2) is 4.57 Å². The first-order valence-electron chi connectivity index (χ1n) is 22.9. The zero-order valence-electron chi connectivity index (χ0n) is 36.5. The molecule has 0 saturated carbocycles. The van der Waals surface area contributed by atoms with E-state index in [2.05, 4.69) is 276 Å². The lowest BCUT2D eigenvalue weighted by Gasteiger charge is -2.28. The van der Waals surface area contributed by atoms with Crippen molar-refractivity contribution >= 4 is 44.4 Å². The normalized spacial score (nSPS) is 15.2. The largest absolute Gasteiger partial charge is 0.310 e. The minimum absolute atomic E-state index is 0.381. The first-order valence-corrected chi connectivity index (χ1v) is 22.9. The van der Waals surface area contributed by atoms with E-state index in [9.17, 15) is 0 Å². The molecule has 2 nitrogen and oxygen atoms in total. The van der Waals surface area contributed by atoms with E-state index in [-0.39, 0.29) is 0 Å². The lowest BCUT2D eigenvalue weighted by molar-refractivity contribution is 0.678. The van der Waals surface area contributed by atoms with E-state index in [4.69, 9.17) is 0 Å². The van der Waals surface area contributed by atoms with Gasteiger partial charge in [-0.25, -0.2) is 0 Å². The van der Waals surface area contributed by atoms with Crippen molar-refractivity contribution in [1.29, 1.82) is 0 Å². The summed E-state index contributed by atoms with van der Waals surface area (Å²) >= 11 is 0. The molecule has 66 heavy (non-hydrogen) atoms. The molecule has 0 N–H and O–H groups in total. The Morgan fingerprint density at radius 1 is 0.364 bits per heavy atom. The van der Waals surface area contributed by atoms with Crippen molar-refractivity contribution in [3.63, 3.8) is 0 Å². The molecule has 2 heteroatoms. The molecule has 312 valence electrons. The molecule has 0 spiro atoms. The molecule has 12 rings (SSSR count). The molecular formula is C64H46N2. The zero-order valence-corrected chi connectivity index (χ0v) is 36.5. The SMILES string of the molecule is C1=CC2C=CC=C(c3ccc(-c4ccc(N(c5cccc(-c6cccc(-c7cccc8c7c7ccccc7n8-c7ccccc7)c6)c5)c5ccccc5-c5ccccc5)cc4)cc3)C2C=C1. The fourth-order valence-corrected chi connectivity index (χ4v) is 10.2. The number of allylic oxidation sites excluding steroid dienone is 8. The van der Waals surface area contributed by atoms with E-state index in [1.807, 2.05) is 0 Å². The van der Waals surface area contributed by atoms with E-state index in [0.29, 0.717) is 11.8 Å². The minimum atomic E-state index is 0.381. The van der Waals surface area contributed by atoms with Gasteiger partial charge >= 0.3 is 0 Å². The summed E-state index contributed by atoms with van der Waals surface area (Å²) < 4.78 is 2.39. The van der Waals surface area contributed by atoms with Crippen LogP contribution in [0.5, 0.6) is 0 Å². The number of para-hydroxylation sites is 3. The Morgan fingerprint density at radius 3 is 1.79 bits per heavy atom. The van der Waals surface area contributed by atoms with Gasteiger partial charge in [-0.1, -0.05) is 206 Å². The number of nitrogens with zero attached hydrogens (tertiary/aromatic N) is 2. The fourth-order valence-electron chi connectivity index (χ4n) is 10.2. The van der Waals surface area contributed by atoms with Crippen LogP contribution in [0.25, 0.3) is 77.6 Å². The zero-order chi connectivity index (χ0) is 43.8. The van der Waals surface area contributed by atoms with Crippen LogP contribution < -0.4 is 4.90 Å². The first kappa shape index (κ1) is 39.2. The Bertz CT molecular complexity index is 3510. The average Bonchev–Trinajstić information content (AvgIpc) is 3.74. The summed E-state index contributed by atoms with van der Waals surface area (Å²) in [6.07, 6.45) is 15.7. The maximum atomic E-state index is 2.41. The van der Waals surface area contributed by atoms with Gasteiger partial charge in [0.05, 0.1) is 16.7 Å². The van der Waals surface area contributed by atoms with Crippen LogP contribution in [0.4, 0.5) is 17.1 Å². The number of benzene rings is 9. The number of rotatable bonds is 9. The van der Waals surface area contributed by atoms with E-state index in [1.54, 1.807) is 0 Å². The van der Waals surface area contributed by atoms with Crippen LogP contribution in [-0.2, 0) is 0 Å². The molecule has 0 fully saturated rings. The van der Waals surface area contributed by atoms with E-state index in [0.717, 1.165) is 28.3 Å². The Hall–Kier alpha value is -8.46. The molecule has 0 amide bonds. The van der Waals surface area contributed by atoms with Gasteiger partial charge < -0.3 is 9.47 Å². The second-order valence-electron chi connectivity index (χ2n) is 17.2. The second-order valence-corrected chi connectivity index (χ2v) is 17.2. The summed E-state index contributed by atoms with van der Waals surface area (Å²) in [4.78, 5) is 2.41. The monoisotopic (exact) mass is 842 g/mol. The molecule has 2 aliphatic carbocycles. The molecule has 0 bridgehead atoms. The standard InChI is InChI=1S/C64H46N2/c1-3-17-48(18-4-1)58-28-9-11-32-61(58)65(54-41-39-46(40-42-54)45-35-37-49(38-36-45)57-30-15-20-47-19-7-8-27-56(47)57)55-26-14-22-51(44-55)50-21-13-23-52(43-50)59-31-16-34-63-64(59)60-29-10-12-33-62(60)66(63)53-24-5-2-6-25-53/h1-44,47,56H. The van der Waals surface area contributed by atoms with Crippen LogP contribution in [0.15, 0.2) is 267 Å². The van der Waals surface area contributed by atoms with E-state index >= 15 is 0 Å². The van der Waals surface area contributed by atoms with Crippen molar-refractivity contribution in [1.82, 2.24) is 4.57 Å². The van der Waals surface area contributed by atoms with Crippen LogP contribution in [0.1, 0.15) is 5.56 Å². The summed E-state index contributed by atoms with van der Waals surface area (Å²) in [5, 5.41) is 2.51. The highest BCUT2D eigenvalue weighted by molar-refractivity contribution is 6.16. The predicted octanol–water partition coefficient (Wildman–Crippen LogP) is 17.2. The maximum absolute atomic E-state index is 2.41. The molecule has 0 aliphatic heterocycles. The summed E-state index contributed by atoms with van der Waals surface area (Å²) in [5.74, 6) is 0.802. The van der Waals surface area contributed by atoms with E-state index < -0.39 is 0 Å². The number of hydrogen-bond acceptors (Lipinski definition) is 1. The highest BCUT2D eigenvalue weighted by atomic mass is 15.1. The van der Waals surface area contributed by atoms with Crippen molar-refractivity contribution in [2.45, 2.75) is 0 Å². The molecule has 2 unspecified atom stereocenters. The van der Waals surface area contributed by atoms with Crippen molar-refractivity contribution in [3.05, 3.63) is 273 Å². The van der Waals surface area contributed by atoms with Gasteiger partial charge in [-0.15, -0.1) is 0 Å². The third kappa shape index (κ3) is 7.10. The Morgan fingerprint density at radius 2 is 0.955 bits per heavy atom. The van der Waals surface area contributed by atoms with Crippen molar-refractivity contribution in [2.24, 2.45) is 11.8 Å². The molecule has 1 aromatic heterocycles. The lowest BCUT2D eigenvalue weighted by Crippen LogP contribution is -2.14. The van der Waals surface area contributed by atoms with Gasteiger partial charge in [0.2, 0.25) is 0 Å². The van der Waals surface area contributed by atoms with Crippen molar-refractivity contribution < 1.29 is 0 Å². The number of fused-ring (bicyclic) bond motifs is 4. The summed E-state index contributed by atoms with van der Waals surface area (Å²) in [7, 11) is 0. The Balaban J connectivity index is 0.926. The van der Waals surface area contributed by atoms with Crippen molar-refractivity contribution in [3.8, 4) is 50.2 Å². The summed E-state index contributed by atoms with van der Waals surface area (Å²) in [6, 6.07) is 81.8. The molecule has 0 radical (unpaired) electrons.